The van der Waals surface area contributed by atoms with Gasteiger partial charge in [-0.25, -0.2) is 4.79 Å². The molecule has 27 heavy (non-hydrogen) atoms. The Labute approximate surface area is 159 Å². The average Bonchev–Trinajstić information content (AvgIpc) is 3.33. The highest BCUT2D eigenvalue weighted by Crippen LogP contribution is 2.26. The number of aromatic amines is 1. The number of cyclic esters (lactones) is 1. The van der Waals surface area contributed by atoms with E-state index < -0.39 is 5.60 Å². The summed E-state index contributed by atoms with van der Waals surface area (Å²) in [5.74, 6) is -0.0272. The van der Waals surface area contributed by atoms with Gasteiger partial charge in [-0.2, -0.15) is 0 Å². The van der Waals surface area contributed by atoms with Crippen LogP contribution in [0, 0.1) is 0 Å². The highest BCUT2D eigenvalue weighted by Gasteiger charge is 2.39. The molecule has 3 saturated heterocycles. The number of aromatic nitrogens is 1. The Morgan fingerprint density at radius 3 is 2.78 bits per heavy atom. The largest absolute Gasteiger partial charge is 0.448 e. The molecule has 1 aromatic rings. The molecule has 0 aliphatic carbocycles. The second-order valence-corrected chi connectivity index (χ2v) is 7.97. The van der Waals surface area contributed by atoms with E-state index in [-0.39, 0.29) is 18.0 Å². The number of rotatable bonds is 4. The summed E-state index contributed by atoms with van der Waals surface area (Å²) in [5, 5.41) is 11.1. The number of β-amino-alcohol motifs (C(OH)–C–C–N with tert-alkyl or cyclic N) is 1. The van der Waals surface area contributed by atoms with Gasteiger partial charge >= 0.3 is 6.09 Å². The van der Waals surface area contributed by atoms with Crippen LogP contribution in [0.1, 0.15) is 36.0 Å². The molecule has 4 rings (SSSR count). The van der Waals surface area contributed by atoms with Gasteiger partial charge in [-0.15, -0.1) is 0 Å². The number of ether oxygens (including phenoxy) is 1. The van der Waals surface area contributed by atoms with E-state index in [4.69, 9.17) is 4.74 Å². The lowest BCUT2D eigenvalue weighted by atomic mass is 9.90. The molecule has 8 heteroatoms. The number of nitrogens with one attached hydrogen (secondary N) is 1. The van der Waals surface area contributed by atoms with Crippen LogP contribution in [0.4, 0.5) is 4.79 Å². The second kappa shape index (κ2) is 7.52. The van der Waals surface area contributed by atoms with Crippen molar-refractivity contribution in [3.8, 4) is 0 Å². The molecular weight excluding hydrogens is 348 g/mol. The van der Waals surface area contributed by atoms with Gasteiger partial charge < -0.3 is 29.5 Å². The number of hydrogen-bond acceptors (Lipinski definition) is 5. The van der Waals surface area contributed by atoms with Crippen molar-refractivity contribution >= 4 is 12.0 Å². The maximum absolute atomic E-state index is 12.6. The lowest BCUT2D eigenvalue weighted by Gasteiger charge is -2.44. The molecule has 0 aromatic carbocycles. The minimum absolute atomic E-state index is 0.0272. The minimum Gasteiger partial charge on any atom is -0.448 e. The summed E-state index contributed by atoms with van der Waals surface area (Å²) < 4.78 is 5.04. The number of carbonyl (C=O) groups is 2. The van der Waals surface area contributed by atoms with Crippen LogP contribution in [0.15, 0.2) is 18.5 Å². The topological polar surface area (TPSA) is 89.1 Å². The monoisotopic (exact) mass is 376 g/mol. The highest BCUT2D eigenvalue weighted by molar-refractivity contribution is 5.94. The van der Waals surface area contributed by atoms with Crippen LogP contribution in [0.3, 0.4) is 0 Å². The second-order valence-electron chi connectivity index (χ2n) is 7.97. The van der Waals surface area contributed by atoms with E-state index in [1.54, 1.807) is 23.4 Å². The van der Waals surface area contributed by atoms with E-state index in [1.165, 1.54) is 0 Å². The molecule has 1 aromatic heterocycles. The van der Waals surface area contributed by atoms with Crippen LogP contribution in [-0.4, -0.2) is 94.3 Å². The SMILES string of the molecule is O=C(c1cc[nH]c1)N1CCCC(O)(CN2CCC(N3CCOC3=O)CC2)C1. The van der Waals surface area contributed by atoms with Gasteiger partial charge in [0, 0.05) is 44.6 Å². The summed E-state index contributed by atoms with van der Waals surface area (Å²) in [4.78, 5) is 33.1. The number of nitrogens with zero attached hydrogens (tertiary/aromatic N) is 3. The van der Waals surface area contributed by atoms with E-state index in [0.29, 0.717) is 44.8 Å². The molecule has 0 radical (unpaired) electrons. The molecule has 0 spiro atoms. The number of likely N-dealkylation sites (tertiary alicyclic amines) is 2. The summed E-state index contributed by atoms with van der Waals surface area (Å²) >= 11 is 0. The Bertz CT molecular complexity index is 671. The fourth-order valence-electron chi connectivity index (χ4n) is 4.60. The molecule has 3 aliphatic heterocycles. The Kier molecular flexibility index (Phi) is 5.10. The van der Waals surface area contributed by atoms with Gasteiger partial charge in [-0.05, 0) is 31.7 Å². The first-order valence-corrected chi connectivity index (χ1v) is 9.84. The predicted molar refractivity (Wildman–Crippen MR) is 98.4 cm³/mol. The zero-order valence-electron chi connectivity index (χ0n) is 15.6. The van der Waals surface area contributed by atoms with Crippen LogP contribution in [0.2, 0.25) is 0 Å². The molecule has 0 saturated carbocycles. The smallest absolute Gasteiger partial charge is 0.410 e. The third-order valence-corrected chi connectivity index (χ3v) is 6.00. The lowest BCUT2D eigenvalue weighted by molar-refractivity contribution is -0.0519. The van der Waals surface area contributed by atoms with Crippen molar-refractivity contribution < 1.29 is 19.4 Å². The highest BCUT2D eigenvalue weighted by atomic mass is 16.6. The van der Waals surface area contributed by atoms with E-state index in [0.717, 1.165) is 32.4 Å². The third-order valence-electron chi connectivity index (χ3n) is 6.00. The lowest BCUT2D eigenvalue weighted by Crippen LogP contribution is -2.57. The van der Waals surface area contributed by atoms with Crippen molar-refractivity contribution in [2.45, 2.75) is 37.3 Å². The van der Waals surface area contributed by atoms with Crippen LogP contribution < -0.4 is 0 Å². The predicted octanol–water partition coefficient (Wildman–Crippen LogP) is 0.898. The summed E-state index contributed by atoms with van der Waals surface area (Å²) in [6, 6.07) is 2.01. The van der Waals surface area contributed by atoms with Crippen LogP contribution in [0.25, 0.3) is 0 Å². The molecule has 2 amide bonds. The molecule has 0 bridgehead atoms. The van der Waals surface area contributed by atoms with Crippen LogP contribution in [0.5, 0.6) is 0 Å². The zero-order valence-corrected chi connectivity index (χ0v) is 15.6. The molecule has 3 aliphatic rings. The number of H-pyrrole nitrogens is 1. The van der Waals surface area contributed by atoms with Crippen LogP contribution in [-0.2, 0) is 4.74 Å². The number of carbonyl (C=O) groups excluding carboxylic acids is 2. The van der Waals surface area contributed by atoms with Crippen molar-refractivity contribution in [1.82, 2.24) is 19.7 Å². The molecule has 1 unspecified atom stereocenters. The van der Waals surface area contributed by atoms with Gasteiger partial charge in [0.2, 0.25) is 0 Å². The number of aliphatic hydroxyl groups is 1. The Hall–Kier alpha value is -2.06. The van der Waals surface area contributed by atoms with Crippen molar-refractivity contribution in [2.75, 3.05) is 45.9 Å². The zero-order chi connectivity index (χ0) is 18.9. The molecule has 2 N–H and O–H groups in total. The van der Waals surface area contributed by atoms with Gasteiger partial charge in [0.1, 0.15) is 6.61 Å². The van der Waals surface area contributed by atoms with E-state index in [9.17, 15) is 14.7 Å². The first-order valence-electron chi connectivity index (χ1n) is 9.84. The third kappa shape index (κ3) is 3.96. The Morgan fingerprint density at radius 1 is 1.30 bits per heavy atom. The normalized spacial score (nSPS) is 27.8. The summed E-state index contributed by atoms with van der Waals surface area (Å²) in [6.07, 6.45) is 6.56. The standard InChI is InChI=1S/C19H28N4O4/c24-17(15-2-6-20-12-15)22-7-1-5-19(26,14-22)13-21-8-3-16(4-9-21)23-10-11-27-18(23)25/h2,6,12,16,20,26H,1,3-5,7-11,13-14H2. The number of amides is 2. The van der Waals surface area contributed by atoms with Gasteiger partial charge in [0.15, 0.2) is 0 Å². The Balaban J connectivity index is 1.31. The molecular formula is C19H28N4O4. The molecule has 3 fully saturated rings. The van der Waals surface area contributed by atoms with Crippen molar-refractivity contribution in [3.63, 3.8) is 0 Å². The first-order chi connectivity index (χ1) is 13.0. The number of piperidine rings is 2. The van der Waals surface area contributed by atoms with E-state index in [1.807, 2.05) is 4.90 Å². The quantitative estimate of drug-likeness (QED) is 0.815. The van der Waals surface area contributed by atoms with Crippen LogP contribution >= 0.6 is 0 Å². The van der Waals surface area contributed by atoms with E-state index >= 15 is 0 Å². The van der Waals surface area contributed by atoms with Crippen molar-refractivity contribution in [2.24, 2.45) is 0 Å². The Morgan fingerprint density at radius 2 is 2.11 bits per heavy atom. The first kappa shape index (κ1) is 18.3. The average molecular weight is 376 g/mol. The van der Waals surface area contributed by atoms with Gasteiger partial charge in [-0.3, -0.25) is 4.79 Å². The summed E-state index contributed by atoms with van der Waals surface area (Å²) in [7, 11) is 0. The summed E-state index contributed by atoms with van der Waals surface area (Å²) in [5.41, 5.74) is -0.235. The summed E-state index contributed by atoms with van der Waals surface area (Å²) in [6.45, 7) is 4.50. The maximum atomic E-state index is 12.6. The fourth-order valence-corrected chi connectivity index (χ4v) is 4.60. The van der Waals surface area contributed by atoms with Gasteiger partial charge in [0.25, 0.3) is 5.91 Å². The fraction of sp³-hybridized carbons (Fsp3) is 0.684. The van der Waals surface area contributed by atoms with Crippen molar-refractivity contribution in [1.29, 1.82) is 0 Å². The maximum Gasteiger partial charge on any atom is 0.410 e. The molecule has 1 atom stereocenters. The molecule has 148 valence electrons. The van der Waals surface area contributed by atoms with Crippen molar-refractivity contribution in [3.05, 3.63) is 24.0 Å². The molecule has 4 heterocycles. The number of hydrogen-bond donors (Lipinski definition) is 2. The minimum atomic E-state index is -0.871. The van der Waals surface area contributed by atoms with E-state index in [2.05, 4.69) is 9.88 Å². The van der Waals surface area contributed by atoms with Gasteiger partial charge in [-0.1, -0.05) is 0 Å². The molecule has 8 nitrogen and oxygen atoms in total. The van der Waals surface area contributed by atoms with Gasteiger partial charge in [0.05, 0.1) is 24.3 Å².